The van der Waals surface area contributed by atoms with Crippen molar-refractivity contribution in [2.75, 3.05) is 0 Å². The first-order chi connectivity index (χ1) is 8.90. The smallest absolute Gasteiger partial charge is 0.149 e. The molecule has 18 heavy (non-hydrogen) atoms. The molecule has 0 aliphatic heterocycles. The van der Waals surface area contributed by atoms with Crippen LogP contribution < -0.4 is 0 Å². The molecule has 3 heteroatoms. The van der Waals surface area contributed by atoms with E-state index in [0.29, 0.717) is 0 Å². The van der Waals surface area contributed by atoms with Crippen LogP contribution in [0, 0.1) is 17.8 Å². The van der Waals surface area contributed by atoms with Crippen LogP contribution in [-0.2, 0) is 6.54 Å². The standard InChI is InChI=1S/C15H18N2S/c1-2-14(18-7-1)15-16-5-6-17(15)10-13-9-11-3-4-12(13)8-11/h1-2,5-7,11-13H,3-4,8-10H2. The molecule has 4 rings (SSSR count). The Kier molecular flexibility index (Phi) is 2.54. The van der Waals surface area contributed by atoms with Gasteiger partial charge in [0.15, 0.2) is 0 Å². The van der Waals surface area contributed by atoms with Gasteiger partial charge in [-0.3, -0.25) is 0 Å². The van der Waals surface area contributed by atoms with E-state index in [1.807, 2.05) is 6.20 Å². The number of rotatable bonds is 3. The third kappa shape index (κ3) is 1.72. The molecular formula is C15H18N2S. The lowest BCUT2D eigenvalue weighted by Crippen LogP contribution is -2.17. The average Bonchev–Trinajstić information content (AvgIpc) is 3.14. The molecule has 94 valence electrons. The highest BCUT2D eigenvalue weighted by Crippen LogP contribution is 2.49. The van der Waals surface area contributed by atoms with Crippen LogP contribution in [0.3, 0.4) is 0 Å². The Labute approximate surface area is 112 Å². The molecule has 0 radical (unpaired) electrons. The summed E-state index contributed by atoms with van der Waals surface area (Å²) in [5.74, 6) is 4.09. The van der Waals surface area contributed by atoms with Gasteiger partial charge in [-0.15, -0.1) is 11.3 Å². The second-order valence-corrected chi connectivity index (χ2v) is 6.76. The van der Waals surface area contributed by atoms with E-state index in [2.05, 4.69) is 33.3 Å². The van der Waals surface area contributed by atoms with Crippen molar-refractivity contribution in [1.29, 1.82) is 0 Å². The van der Waals surface area contributed by atoms with Gasteiger partial charge < -0.3 is 4.57 Å². The number of hydrogen-bond acceptors (Lipinski definition) is 2. The van der Waals surface area contributed by atoms with E-state index < -0.39 is 0 Å². The third-order valence-corrected chi connectivity index (χ3v) is 5.64. The van der Waals surface area contributed by atoms with Crippen LogP contribution >= 0.6 is 11.3 Å². The van der Waals surface area contributed by atoms with Crippen LogP contribution in [-0.4, -0.2) is 9.55 Å². The predicted octanol–water partition coefficient (Wildman–Crippen LogP) is 4.05. The molecule has 2 bridgehead atoms. The molecule has 2 aliphatic carbocycles. The fourth-order valence-corrected chi connectivity index (χ4v) is 4.68. The van der Waals surface area contributed by atoms with Crippen LogP contribution in [0.5, 0.6) is 0 Å². The van der Waals surface area contributed by atoms with E-state index in [-0.39, 0.29) is 0 Å². The minimum Gasteiger partial charge on any atom is -0.330 e. The summed E-state index contributed by atoms with van der Waals surface area (Å²) in [7, 11) is 0. The molecule has 2 aromatic heterocycles. The molecule has 2 saturated carbocycles. The molecule has 3 unspecified atom stereocenters. The number of fused-ring (bicyclic) bond motifs is 2. The second-order valence-electron chi connectivity index (χ2n) is 5.82. The molecule has 0 spiro atoms. The van der Waals surface area contributed by atoms with Gasteiger partial charge in [0.1, 0.15) is 5.82 Å². The lowest BCUT2D eigenvalue weighted by molar-refractivity contribution is 0.297. The lowest BCUT2D eigenvalue weighted by Gasteiger charge is -2.22. The van der Waals surface area contributed by atoms with Gasteiger partial charge in [0.05, 0.1) is 4.88 Å². The summed E-state index contributed by atoms with van der Waals surface area (Å²) in [5.41, 5.74) is 0. The minimum absolute atomic E-state index is 0.900. The Morgan fingerprint density at radius 1 is 1.33 bits per heavy atom. The van der Waals surface area contributed by atoms with Gasteiger partial charge in [0.25, 0.3) is 0 Å². The van der Waals surface area contributed by atoms with Gasteiger partial charge in [-0.1, -0.05) is 12.5 Å². The average molecular weight is 258 g/mol. The number of hydrogen-bond donors (Lipinski definition) is 0. The van der Waals surface area contributed by atoms with Crippen molar-refractivity contribution in [2.45, 2.75) is 32.2 Å². The third-order valence-electron chi connectivity index (χ3n) is 4.77. The normalized spacial score (nSPS) is 30.1. The highest BCUT2D eigenvalue weighted by Gasteiger charge is 2.39. The summed E-state index contributed by atoms with van der Waals surface area (Å²) < 4.78 is 2.37. The topological polar surface area (TPSA) is 17.8 Å². The molecule has 2 aromatic rings. The van der Waals surface area contributed by atoms with E-state index in [9.17, 15) is 0 Å². The number of aromatic nitrogens is 2. The molecule has 2 fully saturated rings. The zero-order valence-electron chi connectivity index (χ0n) is 10.5. The number of nitrogens with zero attached hydrogens (tertiary/aromatic N) is 2. The molecule has 2 aliphatic rings. The van der Waals surface area contributed by atoms with Crippen LogP contribution in [0.25, 0.3) is 10.7 Å². The van der Waals surface area contributed by atoms with Crippen LogP contribution in [0.4, 0.5) is 0 Å². The monoisotopic (exact) mass is 258 g/mol. The van der Waals surface area contributed by atoms with Crippen LogP contribution in [0.1, 0.15) is 25.7 Å². The zero-order valence-corrected chi connectivity index (χ0v) is 11.3. The van der Waals surface area contributed by atoms with E-state index in [1.54, 1.807) is 11.3 Å². The van der Waals surface area contributed by atoms with E-state index in [0.717, 1.165) is 23.6 Å². The molecule has 0 aromatic carbocycles. The van der Waals surface area contributed by atoms with Gasteiger partial charge in [-0.05, 0) is 48.5 Å². The Morgan fingerprint density at radius 2 is 2.33 bits per heavy atom. The molecule has 3 atom stereocenters. The Bertz CT molecular complexity index is 528. The molecule has 2 heterocycles. The van der Waals surface area contributed by atoms with Gasteiger partial charge in [-0.2, -0.15) is 0 Å². The van der Waals surface area contributed by atoms with Crippen molar-refractivity contribution in [3.8, 4) is 10.7 Å². The highest BCUT2D eigenvalue weighted by atomic mass is 32.1. The first kappa shape index (κ1) is 10.8. The van der Waals surface area contributed by atoms with Crippen LogP contribution in [0.15, 0.2) is 29.9 Å². The fraction of sp³-hybridized carbons (Fsp3) is 0.533. The van der Waals surface area contributed by atoms with Crippen molar-refractivity contribution in [3.05, 3.63) is 29.9 Å². The number of thiophene rings is 1. The molecule has 0 N–H and O–H groups in total. The van der Waals surface area contributed by atoms with Gasteiger partial charge in [-0.25, -0.2) is 4.98 Å². The minimum atomic E-state index is 0.900. The van der Waals surface area contributed by atoms with Crippen molar-refractivity contribution >= 4 is 11.3 Å². The summed E-state index contributed by atoms with van der Waals surface area (Å²) in [6.45, 7) is 1.18. The van der Waals surface area contributed by atoms with E-state index in [4.69, 9.17) is 0 Å². The van der Waals surface area contributed by atoms with Crippen LogP contribution in [0.2, 0.25) is 0 Å². The Balaban J connectivity index is 1.57. The fourth-order valence-electron chi connectivity index (χ4n) is 3.94. The highest BCUT2D eigenvalue weighted by molar-refractivity contribution is 7.13. The van der Waals surface area contributed by atoms with Gasteiger partial charge in [0, 0.05) is 18.9 Å². The lowest BCUT2D eigenvalue weighted by atomic mass is 9.89. The van der Waals surface area contributed by atoms with Gasteiger partial charge >= 0.3 is 0 Å². The van der Waals surface area contributed by atoms with E-state index in [1.165, 1.54) is 37.1 Å². The summed E-state index contributed by atoms with van der Waals surface area (Å²) in [5, 5.41) is 2.13. The first-order valence-electron chi connectivity index (χ1n) is 6.95. The summed E-state index contributed by atoms with van der Waals surface area (Å²) in [6, 6.07) is 4.28. The second kappa shape index (κ2) is 4.23. The predicted molar refractivity (Wildman–Crippen MR) is 74.5 cm³/mol. The maximum Gasteiger partial charge on any atom is 0.149 e. The molecule has 0 amide bonds. The maximum absolute atomic E-state index is 4.54. The van der Waals surface area contributed by atoms with Crippen molar-refractivity contribution in [2.24, 2.45) is 17.8 Å². The Hall–Kier alpha value is -1.09. The van der Waals surface area contributed by atoms with E-state index >= 15 is 0 Å². The Morgan fingerprint density at radius 3 is 3.06 bits per heavy atom. The summed E-state index contributed by atoms with van der Waals surface area (Å²) >= 11 is 1.78. The molecular weight excluding hydrogens is 240 g/mol. The quantitative estimate of drug-likeness (QED) is 0.812. The SMILES string of the molecule is c1csc(-c2nccn2CC2CC3CCC2C3)c1. The maximum atomic E-state index is 4.54. The van der Waals surface area contributed by atoms with Crippen molar-refractivity contribution in [3.63, 3.8) is 0 Å². The van der Waals surface area contributed by atoms with Crippen molar-refractivity contribution < 1.29 is 0 Å². The summed E-state index contributed by atoms with van der Waals surface area (Å²) in [6.07, 6.45) is 10.0. The molecule has 2 nitrogen and oxygen atoms in total. The molecule has 0 saturated heterocycles. The largest absolute Gasteiger partial charge is 0.330 e. The van der Waals surface area contributed by atoms with Crippen molar-refractivity contribution in [1.82, 2.24) is 9.55 Å². The first-order valence-corrected chi connectivity index (χ1v) is 7.83. The summed E-state index contributed by atoms with van der Waals surface area (Å²) in [4.78, 5) is 5.83. The zero-order chi connectivity index (χ0) is 11.9. The van der Waals surface area contributed by atoms with Gasteiger partial charge in [0.2, 0.25) is 0 Å². The number of imidazole rings is 1.